The van der Waals surface area contributed by atoms with Crippen molar-refractivity contribution in [2.45, 2.75) is 12.2 Å². The molecule has 1 saturated heterocycles. The Morgan fingerprint density at radius 1 is 1.27 bits per heavy atom. The summed E-state index contributed by atoms with van der Waals surface area (Å²) >= 11 is 0. The highest BCUT2D eigenvalue weighted by atomic mass is 19.1. The standard InChI is InChI=1S/C11H9FO3/c1-2-9-10(15-11(13)14-9)7-3-5-8(12)6-4-7/h2-6,9-10H,1H2/t9-,10-/m0/s1. The van der Waals surface area contributed by atoms with Gasteiger partial charge in [-0.2, -0.15) is 0 Å². The first-order chi connectivity index (χ1) is 7.20. The zero-order chi connectivity index (χ0) is 10.8. The van der Waals surface area contributed by atoms with Crippen LogP contribution in [0.25, 0.3) is 0 Å². The molecule has 1 fully saturated rings. The van der Waals surface area contributed by atoms with E-state index >= 15 is 0 Å². The van der Waals surface area contributed by atoms with Crippen molar-refractivity contribution in [1.29, 1.82) is 0 Å². The highest BCUT2D eigenvalue weighted by Gasteiger charge is 2.35. The van der Waals surface area contributed by atoms with Crippen molar-refractivity contribution in [2.75, 3.05) is 0 Å². The van der Waals surface area contributed by atoms with E-state index in [1.807, 2.05) is 0 Å². The van der Waals surface area contributed by atoms with Crippen LogP contribution in [0.3, 0.4) is 0 Å². The molecule has 78 valence electrons. The Balaban J connectivity index is 2.26. The van der Waals surface area contributed by atoms with Gasteiger partial charge in [0.2, 0.25) is 0 Å². The Kier molecular flexibility index (Phi) is 2.41. The third kappa shape index (κ3) is 1.83. The number of carbonyl (C=O) groups is 1. The fourth-order valence-corrected chi connectivity index (χ4v) is 1.45. The molecule has 1 aromatic carbocycles. The SMILES string of the molecule is C=C[C@@H]1OC(=O)O[C@H]1c1ccc(F)cc1. The van der Waals surface area contributed by atoms with Gasteiger partial charge in [-0.05, 0) is 23.8 Å². The lowest BCUT2D eigenvalue weighted by Gasteiger charge is -2.11. The molecule has 2 atom stereocenters. The van der Waals surface area contributed by atoms with Gasteiger partial charge in [-0.3, -0.25) is 0 Å². The average Bonchev–Trinajstić information content (AvgIpc) is 2.61. The molecular formula is C11H9FO3. The average molecular weight is 208 g/mol. The smallest absolute Gasteiger partial charge is 0.422 e. The maximum Gasteiger partial charge on any atom is 0.509 e. The van der Waals surface area contributed by atoms with E-state index in [9.17, 15) is 9.18 Å². The van der Waals surface area contributed by atoms with Crippen molar-refractivity contribution in [2.24, 2.45) is 0 Å². The number of rotatable bonds is 2. The molecule has 3 nitrogen and oxygen atoms in total. The van der Waals surface area contributed by atoms with Crippen LogP contribution < -0.4 is 0 Å². The maximum absolute atomic E-state index is 12.7. The van der Waals surface area contributed by atoms with Crippen molar-refractivity contribution < 1.29 is 18.7 Å². The number of ether oxygens (including phenoxy) is 2. The van der Waals surface area contributed by atoms with Crippen LogP contribution in [0, 0.1) is 5.82 Å². The van der Waals surface area contributed by atoms with Crippen LogP contribution in [0.15, 0.2) is 36.9 Å². The van der Waals surface area contributed by atoms with Gasteiger partial charge in [-0.25, -0.2) is 9.18 Å². The van der Waals surface area contributed by atoms with Crippen molar-refractivity contribution in [3.8, 4) is 0 Å². The molecule has 0 saturated carbocycles. The molecule has 0 spiro atoms. The summed E-state index contributed by atoms with van der Waals surface area (Å²) in [5.41, 5.74) is 0.687. The molecule has 0 N–H and O–H groups in total. The van der Waals surface area contributed by atoms with E-state index < -0.39 is 18.4 Å². The molecule has 0 amide bonds. The summed E-state index contributed by atoms with van der Waals surface area (Å²) in [5.74, 6) is -0.334. The zero-order valence-electron chi connectivity index (χ0n) is 7.85. The van der Waals surface area contributed by atoms with Gasteiger partial charge in [0.15, 0.2) is 12.2 Å². The Bertz CT molecular complexity index is 385. The monoisotopic (exact) mass is 208 g/mol. The first kappa shape index (κ1) is 9.71. The molecule has 0 bridgehead atoms. The lowest BCUT2D eigenvalue weighted by molar-refractivity contribution is 0.117. The summed E-state index contributed by atoms with van der Waals surface area (Å²) < 4.78 is 22.4. The van der Waals surface area contributed by atoms with Crippen LogP contribution in [0.4, 0.5) is 9.18 Å². The largest absolute Gasteiger partial charge is 0.509 e. The first-order valence-electron chi connectivity index (χ1n) is 4.46. The summed E-state index contributed by atoms with van der Waals surface area (Å²) in [5, 5.41) is 0. The number of halogens is 1. The quantitative estimate of drug-likeness (QED) is 0.553. The second-order valence-electron chi connectivity index (χ2n) is 3.16. The summed E-state index contributed by atoms with van der Waals surface area (Å²) in [6, 6.07) is 5.72. The third-order valence-electron chi connectivity index (χ3n) is 2.18. The van der Waals surface area contributed by atoms with E-state index in [1.54, 1.807) is 12.1 Å². The van der Waals surface area contributed by atoms with E-state index in [4.69, 9.17) is 9.47 Å². The van der Waals surface area contributed by atoms with Crippen molar-refractivity contribution in [3.63, 3.8) is 0 Å². The summed E-state index contributed by atoms with van der Waals surface area (Å²) in [6.45, 7) is 3.54. The molecule has 1 aliphatic heterocycles. The summed E-state index contributed by atoms with van der Waals surface area (Å²) in [6.07, 6.45) is -0.286. The van der Waals surface area contributed by atoms with Crippen LogP contribution >= 0.6 is 0 Å². The minimum absolute atomic E-state index is 0.334. The van der Waals surface area contributed by atoms with E-state index in [0.29, 0.717) is 5.56 Å². The summed E-state index contributed by atoms with van der Waals surface area (Å²) in [4.78, 5) is 10.9. The summed E-state index contributed by atoms with van der Waals surface area (Å²) in [7, 11) is 0. The van der Waals surface area contributed by atoms with Gasteiger partial charge in [0, 0.05) is 0 Å². The van der Waals surface area contributed by atoms with Crippen LogP contribution in [0.2, 0.25) is 0 Å². The van der Waals surface area contributed by atoms with E-state index in [2.05, 4.69) is 6.58 Å². The van der Waals surface area contributed by atoms with Gasteiger partial charge >= 0.3 is 6.16 Å². The number of carbonyl (C=O) groups excluding carboxylic acids is 1. The van der Waals surface area contributed by atoms with Gasteiger partial charge in [-0.1, -0.05) is 18.7 Å². The van der Waals surface area contributed by atoms with Crippen LogP contribution in [-0.4, -0.2) is 12.3 Å². The molecule has 1 heterocycles. The molecule has 0 aliphatic carbocycles. The number of hydrogen-bond acceptors (Lipinski definition) is 3. The van der Waals surface area contributed by atoms with Crippen molar-refractivity contribution >= 4 is 6.16 Å². The molecule has 1 aliphatic rings. The van der Waals surface area contributed by atoms with E-state index in [1.165, 1.54) is 18.2 Å². The van der Waals surface area contributed by atoms with Crippen LogP contribution in [-0.2, 0) is 9.47 Å². The minimum Gasteiger partial charge on any atom is -0.422 e. The second kappa shape index (κ2) is 3.73. The fraction of sp³-hybridized carbons (Fsp3) is 0.182. The first-order valence-corrected chi connectivity index (χ1v) is 4.46. The number of benzene rings is 1. The van der Waals surface area contributed by atoms with Gasteiger partial charge in [0.1, 0.15) is 5.82 Å². The van der Waals surface area contributed by atoms with Gasteiger partial charge in [0.25, 0.3) is 0 Å². The molecule has 1 aromatic rings. The van der Waals surface area contributed by atoms with Gasteiger partial charge < -0.3 is 9.47 Å². The van der Waals surface area contributed by atoms with Crippen LogP contribution in [0.5, 0.6) is 0 Å². The number of hydrogen-bond donors (Lipinski definition) is 0. The third-order valence-corrected chi connectivity index (χ3v) is 2.18. The molecule has 0 unspecified atom stereocenters. The Morgan fingerprint density at radius 2 is 1.93 bits per heavy atom. The Labute approximate surface area is 86.1 Å². The maximum atomic E-state index is 12.7. The normalized spacial score (nSPS) is 24.5. The van der Waals surface area contributed by atoms with Gasteiger partial charge in [-0.15, -0.1) is 0 Å². The fourth-order valence-electron chi connectivity index (χ4n) is 1.45. The molecule has 15 heavy (non-hydrogen) atoms. The topological polar surface area (TPSA) is 35.5 Å². The van der Waals surface area contributed by atoms with Crippen LogP contribution in [0.1, 0.15) is 11.7 Å². The Hall–Kier alpha value is -1.84. The lowest BCUT2D eigenvalue weighted by Crippen LogP contribution is -2.11. The van der Waals surface area contributed by atoms with Crippen molar-refractivity contribution in [3.05, 3.63) is 48.3 Å². The van der Waals surface area contributed by atoms with E-state index in [-0.39, 0.29) is 5.82 Å². The zero-order valence-corrected chi connectivity index (χ0v) is 7.85. The van der Waals surface area contributed by atoms with Gasteiger partial charge in [0.05, 0.1) is 0 Å². The highest BCUT2D eigenvalue weighted by Crippen LogP contribution is 2.30. The molecule has 2 rings (SSSR count). The predicted octanol–water partition coefficient (Wildman–Crippen LogP) is 2.59. The predicted molar refractivity (Wildman–Crippen MR) is 50.7 cm³/mol. The number of cyclic esters (lactones) is 2. The molecular weight excluding hydrogens is 199 g/mol. The minimum atomic E-state index is -0.728. The molecule has 0 aromatic heterocycles. The molecule has 0 radical (unpaired) electrons. The Morgan fingerprint density at radius 3 is 2.53 bits per heavy atom. The molecule has 4 heteroatoms. The van der Waals surface area contributed by atoms with Crippen molar-refractivity contribution in [1.82, 2.24) is 0 Å². The highest BCUT2D eigenvalue weighted by molar-refractivity contribution is 5.63. The second-order valence-corrected chi connectivity index (χ2v) is 3.16. The van der Waals surface area contributed by atoms with E-state index in [0.717, 1.165) is 0 Å². The lowest BCUT2D eigenvalue weighted by atomic mass is 10.0.